The molecule has 1 aliphatic rings. The minimum atomic E-state index is -1.05. The summed E-state index contributed by atoms with van der Waals surface area (Å²) < 4.78 is 0. The van der Waals surface area contributed by atoms with Gasteiger partial charge in [0.25, 0.3) is 5.91 Å². The molecule has 8 N–H and O–H groups in total. The SMILES string of the molecule is NC(N)=NCCC[C@H](NC(=O)[C@@H]1CCCN1C(=O)[C@H](N)Cc1ccccc1)C(=O)NC(=O)c1ccc2ccccc2c1. The first-order valence-electron chi connectivity index (χ1n) is 14.0. The van der Waals surface area contributed by atoms with Gasteiger partial charge in [-0.3, -0.25) is 29.5 Å². The Labute approximate surface area is 244 Å². The summed E-state index contributed by atoms with van der Waals surface area (Å²) in [6.07, 6.45) is 1.96. The van der Waals surface area contributed by atoms with Crippen LogP contribution in [0, 0.1) is 0 Å². The van der Waals surface area contributed by atoms with Crippen LogP contribution < -0.4 is 27.8 Å². The van der Waals surface area contributed by atoms with Crippen molar-refractivity contribution in [3.05, 3.63) is 83.9 Å². The molecule has 0 saturated carbocycles. The van der Waals surface area contributed by atoms with E-state index in [2.05, 4.69) is 15.6 Å². The van der Waals surface area contributed by atoms with Crippen LogP contribution in [0.5, 0.6) is 0 Å². The number of fused-ring (bicyclic) bond motifs is 1. The van der Waals surface area contributed by atoms with E-state index in [-0.39, 0.29) is 24.8 Å². The topological polar surface area (TPSA) is 186 Å². The summed E-state index contributed by atoms with van der Waals surface area (Å²) in [7, 11) is 0. The second-order valence-corrected chi connectivity index (χ2v) is 10.4. The summed E-state index contributed by atoms with van der Waals surface area (Å²) in [4.78, 5) is 58.3. The molecular formula is C31H37N7O4. The van der Waals surface area contributed by atoms with Crippen molar-refractivity contribution >= 4 is 40.4 Å². The van der Waals surface area contributed by atoms with E-state index in [0.29, 0.717) is 37.8 Å². The van der Waals surface area contributed by atoms with Gasteiger partial charge in [0.1, 0.15) is 12.1 Å². The molecule has 1 heterocycles. The molecule has 3 aromatic rings. The number of benzene rings is 3. The fourth-order valence-corrected chi connectivity index (χ4v) is 5.11. The van der Waals surface area contributed by atoms with Gasteiger partial charge in [-0.25, -0.2) is 0 Å². The molecule has 0 spiro atoms. The van der Waals surface area contributed by atoms with Crippen molar-refractivity contribution < 1.29 is 19.2 Å². The summed E-state index contributed by atoms with van der Waals surface area (Å²) in [5.41, 5.74) is 18.3. The third-order valence-corrected chi connectivity index (χ3v) is 7.28. The molecular weight excluding hydrogens is 534 g/mol. The average Bonchev–Trinajstić information content (AvgIpc) is 3.48. The van der Waals surface area contributed by atoms with Crippen LogP contribution in [-0.2, 0) is 20.8 Å². The van der Waals surface area contributed by atoms with E-state index >= 15 is 0 Å². The van der Waals surface area contributed by atoms with E-state index in [1.165, 1.54) is 4.90 Å². The average molecular weight is 572 g/mol. The molecule has 4 rings (SSSR count). The van der Waals surface area contributed by atoms with Crippen LogP contribution in [0.1, 0.15) is 41.6 Å². The Morgan fingerprint density at radius 1 is 0.952 bits per heavy atom. The number of hydrogen-bond donors (Lipinski definition) is 5. The van der Waals surface area contributed by atoms with Gasteiger partial charge >= 0.3 is 0 Å². The number of rotatable bonds is 11. The third kappa shape index (κ3) is 7.91. The molecule has 1 saturated heterocycles. The predicted octanol–water partition coefficient (Wildman–Crippen LogP) is 1.20. The van der Waals surface area contributed by atoms with Gasteiger partial charge in [-0.05, 0) is 60.6 Å². The van der Waals surface area contributed by atoms with Crippen molar-refractivity contribution in [3.63, 3.8) is 0 Å². The van der Waals surface area contributed by atoms with Crippen molar-refractivity contribution in [1.82, 2.24) is 15.5 Å². The lowest BCUT2D eigenvalue weighted by Gasteiger charge is -2.28. The minimum Gasteiger partial charge on any atom is -0.370 e. The number of nitrogens with two attached hydrogens (primary N) is 3. The van der Waals surface area contributed by atoms with E-state index in [9.17, 15) is 19.2 Å². The standard InChI is InChI=1S/C31H37N7O4/c32-24(18-20-8-2-1-3-9-20)30(42)38-17-7-13-26(38)29(41)36-25(12-6-16-35-31(33)34)28(40)37-27(39)23-15-14-21-10-4-5-11-22(21)19-23/h1-5,8-11,14-15,19,24-26H,6-7,12-13,16-18,32H2,(H,36,41)(H4,33,34,35)(H,37,39,40)/t24-,25+,26+/m1/s1. The van der Waals surface area contributed by atoms with Gasteiger partial charge in [-0.2, -0.15) is 0 Å². The summed E-state index contributed by atoms with van der Waals surface area (Å²) in [5.74, 6) is -2.13. The molecule has 0 bridgehead atoms. The zero-order valence-corrected chi connectivity index (χ0v) is 23.4. The Hall–Kier alpha value is -4.77. The van der Waals surface area contributed by atoms with Gasteiger partial charge in [0.05, 0.1) is 6.04 Å². The van der Waals surface area contributed by atoms with E-state index < -0.39 is 35.8 Å². The summed E-state index contributed by atoms with van der Waals surface area (Å²) in [6.45, 7) is 0.629. The largest absolute Gasteiger partial charge is 0.370 e. The van der Waals surface area contributed by atoms with E-state index in [0.717, 1.165) is 16.3 Å². The van der Waals surface area contributed by atoms with Crippen LogP contribution in [0.25, 0.3) is 10.8 Å². The Balaban J connectivity index is 1.43. The molecule has 3 aromatic carbocycles. The number of hydrogen-bond acceptors (Lipinski definition) is 6. The second kappa shape index (κ2) is 14.2. The Morgan fingerprint density at radius 2 is 1.67 bits per heavy atom. The second-order valence-electron chi connectivity index (χ2n) is 10.4. The zero-order valence-electron chi connectivity index (χ0n) is 23.4. The highest BCUT2D eigenvalue weighted by atomic mass is 16.2. The number of aliphatic imine (C=N–C) groups is 1. The predicted molar refractivity (Wildman–Crippen MR) is 161 cm³/mol. The summed E-state index contributed by atoms with van der Waals surface area (Å²) in [6, 6.07) is 19.5. The fourth-order valence-electron chi connectivity index (χ4n) is 5.11. The molecule has 1 aliphatic heterocycles. The van der Waals surface area contributed by atoms with Crippen molar-refractivity contribution in [3.8, 4) is 0 Å². The molecule has 0 aromatic heterocycles. The molecule has 0 radical (unpaired) electrons. The quantitative estimate of drug-likeness (QED) is 0.130. The Bertz CT molecular complexity index is 1460. The van der Waals surface area contributed by atoms with Gasteiger partial charge in [-0.15, -0.1) is 0 Å². The maximum absolute atomic E-state index is 13.4. The van der Waals surface area contributed by atoms with E-state index in [1.807, 2.05) is 54.6 Å². The molecule has 11 heteroatoms. The number of amides is 4. The fraction of sp³-hybridized carbons (Fsp3) is 0.323. The summed E-state index contributed by atoms with van der Waals surface area (Å²) >= 11 is 0. The zero-order chi connectivity index (χ0) is 30.1. The smallest absolute Gasteiger partial charge is 0.257 e. The summed E-state index contributed by atoms with van der Waals surface area (Å²) in [5, 5.41) is 6.99. The number of guanidine groups is 1. The van der Waals surface area contributed by atoms with Gasteiger partial charge in [0.2, 0.25) is 17.7 Å². The Morgan fingerprint density at radius 3 is 2.40 bits per heavy atom. The third-order valence-electron chi connectivity index (χ3n) is 7.28. The number of carbonyl (C=O) groups excluding carboxylic acids is 4. The minimum absolute atomic E-state index is 0.0847. The molecule has 4 amide bonds. The highest BCUT2D eigenvalue weighted by Crippen LogP contribution is 2.20. The highest BCUT2D eigenvalue weighted by molar-refractivity contribution is 6.08. The first-order valence-corrected chi connectivity index (χ1v) is 14.0. The maximum Gasteiger partial charge on any atom is 0.257 e. The van der Waals surface area contributed by atoms with Gasteiger partial charge < -0.3 is 27.4 Å². The number of nitrogens with zero attached hydrogens (tertiary/aromatic N) is 2. The number of likely N-dealkylation sites (tertiary alicyclic amines) is 1. The molecule has 1 fully saturated rings. The van der Waals surface area contributed by atoms with Crippen molar-refractivity contribution in [2.75, 3.05) is 13.1 Å². The number of imide groups is 1. The van der Waals surface area contributed by atoms with Crippen LogP contribution in [0.4, 0.5) is 0 Å². The van der Waals surface area contributed by atoms with E-state index in [1.54, 1.807) is 18.2 Å². The molecule has 42 heavy (non-hydrogen) atoms. The van der Waals surface area contributed by atoms with Crippen LogP contribution in [0.2, 0.25) is 0 Å². The molecule has 0 unspecified atom stereocenters. The van der Waals surface area contributed by atoms with Gasteiger partial charge in [0, 0.05) is 18.7 Å². The van der Waals surface area contributed by atoms with E-state index in [4.69, 9.17) is 17.2 Å². The lowest BCUT2D eigenvalue weighted by Crippen LogP contribution is -2.56. The van der Waals surface area contributed by atoms with Crippen LogP contribution in [0.3, 0.4) is 0 Å². The monoisotopic (exact) mass is 571 g/mol. The van der Waals surface area contributed by atoms with Crippen molar-refractivity contribution in [2.24, 2.45) is 22.2 Å². The Kier molecular flexibility index (Phi) is 10.2. The van der Waals surface area contributed by atoms with Gasteiger partial charge in [0.15, 0.2) is 5.96 Å². The first kappa shape index (κ1) is 30.2. The number of nitrogens with one attached hydrogen (secondary N) is 2. The van der Waals surface area contributed by atoms with Crippen LogP contribution >= 0.6 is 0 Å². The lowest BCUT2D eigenvalue weighted by atomic mass is 10.0. The van der Waals surface area contributed by atoms with Crippen molar-refractivity contribution in [1.29, 1.82) is 0 Å². The molecule has 220 valence electrons. The number of carbonyl (C=O) groups is 4. The highest BCUT2D eigenvalue weighted by Gasteiger charge is 2.37. The maximum atomic E-state index is 13.4. The molecule has 3 atom stereocenters. The molecule has 11 nitrogen and oxygen atoms in total. The lowest BCUT2D eigenvalue weighted by molar-refractivity contribution is -0.140. The van der Waals surface area contributed by atoms with Gasteiger partial charge in [-0.1, -0.05) is 60.7 Å². The normalized spacial score (nSPS) is 15.9. The van der Waals surface area contributed by atoms with Crippen molar-refractivity contribution in [2.45, 2.75) is 50.2 Å². The van der Waals surface area contributed by atoms with Crippen LogP contribution in [0.15, 0.2) is 77.8 Å². The van der Waals surface area contributed by atoms with Crippen LogP contribution in [-0.4, -0.2) is 65.7 Å². The first-order chi connectivity index (χ1) is 20.2. The molecule has 0 aliphatic carbocycles.